The van der Waals surface area contributed by atoms with Crippen molar-refractivity contribution in [3.63, 3.8) is 0 Å². The minimum atomic E-state index is -0.194. The van der Waals surface area contributed by atoms with Crippen molar-refractivity contribution in [3.05, 3.63) is 154 Å². The fraction of sp³-hybridized carbons (Fsp3) is 0.176. The van der Waals surface area contributed by atoms with Crippen molar-refractivity contribution in [3.8, 4) is 16.8 Å². The largest absolute Gasteiger partial charge is 0.456 e. The van der Waals surface area contributed by atoms with Crippen LogP contribution in [0.1, 0.15) is 73.3 Å². The fourth-order valence-electron chi connectivity index (χ4n) is 10.7. The van der Waals surface area contributed by atoms with Crippen molar-refractivity contribution in [1.29, 1.82) is 0 Å². The highest BCUT2D eigenvalue weighted by Gasteiger charge is 2.45. The van der Waals surface area contributed by atoms with E-state index in [0.717, 1.165) is 50.0 Å². The molecule has 0 bridgehead atoms. The molecule has 2 nitrogen and oxygen atoms in total. The van der Waals surface area contributed by atoms with E-state index in [-0.39, 0.29) is 5.41 Å². The summed E-state index contributed by atoms with van der Waals surface area (Å²) in [6, 6.07) is 38.9. The van der Waals surface area contributed by atoms with E-state index < -0.39 is 0 Å². The molecule has 4 aliphatic carbocycles. The lowest BCUT2D eigenvalue weighted by Gasteiger charge is -2.27. The number of hydrogen-bond acceptors (Lipinski definition) is 1. The molecule has 6 aromatic carbocycles. The molecule has 0 N–H and O–H groups in total. The average Bonchev–Trinajstić information content (AvgIpc) is 3.83. The van der Waals surface area contributed by atoms with Gasteiger partial charge in [-0.05, 0) is 123 Å². The molecule has 2 aromatic heterocycles. The van der Waals surface area contributed by atoms with Crippen LogP contribution in [0.2, 0.25) is 0 Å². The summed E-state index contributed by atoms with van der Waals surface area (Å²) in [7, 11) is 0. The van der Waals surface area contributed by atoms with E-state index in [1.165, 1.54) is 104 Å². The Hall–Kier alpha value is -5.86. The predicted molar refractivity (Wildman–Crippen MR) is 223 cm³/mol. The Bertz CT molecular complexity index is 3080. The van der Waals surface area contributed by atoms with Crippen LogP contribution in [-0.4, -0.2) is 4.57 Å². The number of allylic oxidation sites excluding steroid dienone is 3. The van der Waals surface area contributed by atoms with Gasteiger partial charge in [0.1, 0.15) is 11.5 Å². The maximum Gasteiger partial charge on any atom is 0.135 e. The first-order valence-electron chi connectivity index (χ1n) is 19.4. The van der Waals surface area contributed by atoms with Gasteiger partial charge >= 0.3 is 0 Å². The van der Waals surface area contributed by atoms with Crippen LogP contribution < -0.4 is 10.6 Å². The molecule has 254 valence electrons. The Morgan fingerprint density at radius 2 is 1.28 bits per heavy atom. The number of furan rings is 1. The van der Waals surface area contributed by atoms with Gasteiger partial charge in [0.25, 0.3) is 0 Å². The Morgan fingerprint density at radius 1 is 0.604 bits per heavy atom. The van der Waals surface area contributed by atoms with E-state index in [1.807, 2.05) is 0 Å². The van der Waals surface area contributed by atoms with Crippen LogP contribution in [0.3, 0.4) is 0 Å². The van der Waals surface area contributed by atoms with E-state index in [0.29, 0.717) is 0 Å². The normalized spacial score (nSPS) is 16.7. The Morgan fingerprint density at radius 3 is 2.06 bits per heavy atom. The molecule has 0 radical (unpaired) electrons. The lowest BCUT2D eigenvalue weighted by Crippen LogP contribution is -2.30. The summed E-state index contributed by atoms with van der Waals surface area (Å²) in [5.74, 6) is 2.24. The van der Waals surface area contributed by atoms with Crippen molar-refractivity contribution in [1.82, 2.24) is 4.57 Å². The van der Waals surface area contributed by atoms with Gasteiger partial charge in [-0.1, -0.05) is 117 Å². The number of rotatable bonds is 2. The van der Waals surface area contributed by atoms with Crippen LogP contribution in [0.5, 0.6) is 0 Å². The summed E-state index contributed by atoms with van der Waals surface area (Å²) >= 11 is 0. The second-order valence-corrected chi connectivity index (χ2v) is 16.1. The third-order valence-electron chi connectivity index (χ3n) is 13.0. The first kappa shape index (κ1) is 29.7. The molecule has 0 spiro atoms. The van der Waals surface area contributed by atoms with Gasteiger partial charge in [-0.2, -0.15) is 0 Å². The van der Waals surface area contributed by atoms with Gasteiger partial charge in [0, 0.05) is 43.8 Å². The highest BCUT2D eigenvalue weighted by Crippen LogP contribution is 2.58. The lowest BCUT2D eigenvalue weighted by atomic mass is 9.76. The number of nitrogens with zero attached hydrogens (tertiary/aromatic N) is 1. The van der Waals surface area contributed by atoms with Gasteiger partial charge in [0.2, 0.25) is 0 Å². The Kier molecular flexibility index (Phi) is 5.94. The van der Waals surface area contributed by atoms with Gasteiger partial charge in [-0.25, -0.2) is 0 Å². The highest BCUT2D eigenvalue weighted by atomic mass is 16.3. The first-order chi connectivity index (χ1) is 26.1. The molecule has 2 heteroatoms. The van der Waals surface area contributed by atoms with Crippen molar-refractivity contribution in [2.75, 3.05) is 0 Å². The molecular weight excluding hydrogens is 643 g/mol. The van der Waals surface area contributed by atoms with E-state index in [4.69, 9.17) is 4.42 Å². The molecule has 4 aliphatic rings. The molecule has 12 rings (SSSR count). The minimum absolute atomic E-state index is 0.194. The Balaban J connectivity index is 1.03. The summed E-state index contributed by atoms with van der Waals surface area (Å²) in [5.41, 5.74) is 13.5. The number of hydrogen-bond donors (Lipinski definition) is 0. The minimum Gasteiger partial charge on any atom is -0.456 e. The summed E-state index contributed by atoms with van der Waals surface area (Å²) in [6.07, 6.45) is 15.9. The molecular formula is C51H39NO. The summed E-state index contributed by atoms with van der Waals surface area (Å²) in [5, 5.41) is 11.9. The second-order valence-electron chi connectivity index (χ2n) is 16.1. The van der Waals surface area contributed by atoms with Crippen LogP contribution in [0, 0.1) is 0 Å². The van der Waals surface area contributed by atoms with Gasteiger partial charge in [-0.3, -0.25) is 0 Å². The monoisotopic (exact) mass is 681 g/mol. The Labute approximate surface area is 308 Å². The van der Waals surface area contributed by atoms with Gasteiger partial charge in [0.15, 0.2) is 0 Å². The topological polar surface area (TPSA) is 18.1 Å². The zero-order valence-electron chi connectivity index (χ0n) is 30.2. The van der Waals surface area contributed by atoms with Crippen LogP contribution >= 0.6 is 0 Å². The zero-order valence-corrected chi connectivity index (χ0v) is 30.2. The molecule has 0 fully saturated rings. The van der Waals surface area contributed by atoms with Crippen molar-refractivity contribution in [2.45, 2.75) is 57.8 Å². The van der Waals surface area contributed by atoms with E-state index in [9.17, 15) is 0 Å². The molecule has 0 amide bonds. The highest BCUT2D eigenvalue weighted by molar-refractivity contribution is 6.25. The van der Waals surface area contributed by atoms with Crippen LogP contribution in [0.15, 0.2) is 114 Å². The smallest absolute Gasteiger partial charge is 0.135 e. The summed E-state index contributed by atoms with van der Waals surface area (Å²) < 4.78 is 9.36. The van der Waals surface area contributed by atoms with Crippen LogP contribution in [0.25, 0.3) is 89.4 Å². The number of aromatic nitrogens is 1. The predicted octanol–water partition coefficient (Wildman–Crippen LogP) is 11.8. The molecule has 0 saturated carbocycles. The second kappa shape index (κ2) is 10.6. The van der Waals surface area contributed by atoms with Gasteiger partial charge in [0.05, 0.1) is 5.52 Å². The summed E-state index contributed by atoms with van der Waals surface area (Å²) in [4.78, 5) is 0. The van der Waals surface area contributed by atoms with E-state index in [1.54, 1.807) is 0 Å². The third kappa shape index (κ3) is 3.94. The van der Waals surface area contributed by atoms with Crippen molar-refractivity contribution in [2.24, 2.45) is 0 Å². The standard InChI is InChI=1S/C51H39NO/c1-51(2)47-40(41-26-28-43-39-16-8-10-18-46(39)53-50(43)48(41)51)25-27-42-38-15-7-9-17-45(38)52(49(42)47)32-22-19-30(20-23-32)31-21-24-37-35-13-4-3-11-33(35)34-12-5-6-14-36(34)44(37)29-31/h3-6,10-15,17-25,27,29H,7-9,16,26,28H2,1-2H3. The maximum absolute atomic E-state index is 6.78. The fourth-order valence-corrected chi connectivity index (χ4v) is 10.7. The summed E-state index contributed by atoms with van der Waals surface area (Å²) in [6.45, 7) is 4.89. The van der Waals surface area contributed by atoms with Crippen LogP contribution in [0.4, 0.5) is 0 Å². The number of fused-ring (bicyclic) bond motifs is 16. The van der Waals surface area contributed by atoms with Crippen molar-refractivity contribution < 1.29 is 4.42 Å². The molecule has 8 aromatic rings. The molecule has 0 saturated heterocycles. The maximum atomic E-state index is 6.78. The SMILES string of the molecule is CC1(C)C2=C(CCc3c2oc2c3CCC=C2)c2ccc3c4c(n(-c5ccc(-c6ccc7c8ccccc8c8ccccc8c7c6)cc5)c3c21)=CCCC=4. The third-order valence-corrected chi connectivity index (χ3v) is 13.0. The molecule has 0 atom stereocenters. The van der Waals surface area contributed by atoms with Gasteiger partial charge < -0.3 is 8.98 Å². The molecule has 0 aliphatic heterocycles. The van der Waals surface area contributed by atoms with E-state index in [2.05, 4.69) is 146 Å². The molecule has 2 heterocycles. The van der Waals surface area contributed by atoms with E-state index >= 15 is 0 Å². The first-order valence-corrected chi connectivity index (χ1v) is 19.4. The molecule has 0 unspecified atom stereocenters. The quantitative estimate of drug-likeness (QED) is 0.166. The number of benzene rings is 6. The molecule has 53 heavy (non-hydrogen) atoms. The average molecular weight is 682 g/mol. The zero-order chi connectivity index (χ0) is 35.0. The van der Waals surface area contributed by atoms with Gasteiger partial charge in [-0.15, -0.1) is 0 Å². The van der Waals surface area contributed by atoms with Crippen molar-refractivity contribution >= 4 is 72.6 Å². The lowest BCUT2D eigenvalue weighted by molar-refractivity contribution is 0.520. The van der Waals surface area contributed by atoms with Crippen LogP contribution in [-0.2, 0) is 18.3 Å².